The Bertz CT molecular complexity index is 586. The molecule has 1 heterocycles. The van der Waals surface area contributed by atoms with Gasteiger partial charge in [0.05, 0.1) is 20.1 Å². The molecule has 2 aromatic rings. The molecule has 0 saturated heterocycles. The maximum Gasteiger partial charge on any atom is 0.120 e. The Morgan fingerprint density at radius 2 is 2.00 bits per heavy atom. The topological polar surface area (TPSA) is 9.23 Å². The van der Waals surface area contributed by atoms with Crippen molar-refractivity contribution in [2.24, 2.45) is 0 Å². The second-order valence-electron chi connectivity index (χ2n) is 3.76. The fourth-order valence-corrected chi connectivity index (χ4v) is 5.13. The first-order chi connectivity index (χ1) is 9.02. The Morgan fingerprint density at radius 1 is 1.26 bits per heavy atom. The Balaban J connectivity index is 2.33. The molecule has 0 aliphatic carbocycles. The third-order valence-corrected chi connectivity index (χ3v) is 5.70. The van der Waals surface area contributed by atoms with Gasteiger partial charge in [-0.1, -0.05) is 61.1 Å². The standard InChI is InChI=1S/C13H10Br2Cl2OS/c1-2-18-7-3-4-8(10(14)5-7)12(15)9-6-11(16)19-13(9)17/h3-6,12H,2H2,1H3. The van der Waals surface area contributed by atoms with Crippen molar-refractivity contribution < 1.29 is 4.74 Å². The summed E-state index contributed by atoms with van der Waals surface area (Å²) in [5.74, 6) is 0.840. The fraction of sp³-hybridized carbons (Fsp3) is 0.231. The molecule has 0 amide bonds. The van der Waals surface area contributed by atoms with E-state index in [2.05, 4.69) is 31.9 Å². The minimum Gasteiger partial charge on any atom is -0.494 e. The van der Waals surface area contributed by atoms with Crippen LogP contribution in [0.15, 0.2) is 28.7 Å². The number of ether oxygens (including phenoxy) is 1. The molecule has 0 bridgehead atoms. The van der Waals surface area contributed by atoms with E-state index in [1.165, 1.54) is 11.3 Å². The summed E-state index contributed by atoms with van der Waals surface area (Å²) in [6.45, 7) is 2.61. The van der Waals surface area contributed by atoms with Crippen molar-refractivity contribution in [3.8, 4) is 5.75 Å². The van der Waals surface area contributed by atoms with Crippen LogP contribution in [0.5, 0.6) is 5.75 Å². The largest absolute Gasteiger partial charge is 0.494 e. The Labute approximate surface area is 143 Å². The van der Waals surface area contributed by atoms with Crippen LogP contribution in [0.25, 0.3) is 0 Å². The molecule has 1 aromatic heterocycles. The molecule has 0 aliphatic rings. The molecule has 1 unspecified atom stereocenters. The van der Waals surface area contributed by atoms with Gasteiger partial charge in [-0.15, -0.1) is 11.3 Å². The third-order valence-electron chi connectivity index (χ3n) is 2.51. The van der Waals surface area contributed by atoms with Gasteiger partial charge in [-0.25, -0.2) is 0 Å². The molecule has 1 nitrogen and oxygen atoms in total. The van der Waals surface area contributed by atoms with Gasteiger partial charge in [0, 0.05) is 10.0 Å². The van der Waals surface area contributed by atoms with Crippen molar-refractivity contribution in [3.63, 3.8) is 0 Å². The lowest BCUT2D eigenvalue weighted by atomic mass is 10.1. The van der Waals surface area contributed by atoms with Gasteiger partial charge in [-0.2, -0.15) is 0 Å². The summed E-state index contributed by atoms with van der Waals surface area (Å²) in [6, 6.07) is 7.79. The van der Waals surface area contributed by atoms with E-state index in [0.717, 1.165) is 21.3 Å². The number of benzene rings is 1. The van der Waals surface area contributed by atoms with Crippen LogP contribution >= 0.6 is 66.4 Å². The highest BCUT2D eigenvalue weighted by Crippen LogP contribution is 2.43. The predicted molar refractivity (Wildman–Crippen MR) is 90.4 cm³/mol. The average molecular weight is 445 g/mol. The minimum atomic E-state index is -0.00574. The molecule has 0 radical (unpaired) electrons. The van der Waals surface area contributed by atoms with Crippen molar-refractivity contribution >= 4 is 66.4 Å². The van der Waals surface area contributed by atoms with Crippen LogP contribution in [0.4, 0.5) is 0 Å². The highest BCUT2D eigenvalue weighted by atomic mass is 79.9. The fourth-order valence-electron chi connectivity index (χ4n) is 1.66. The van der Waals surface area contributed by atoms with Crippen molar-refractivity contribution in [3.05, 3.63) is 48.5 Å². The highest BCUT2D eigenvalue weighted by Gasteiger charge is 2.19. The Hall–Kier alpha value is 0.260. The summed E-state index contributed by atoms with van der Waals surface area (Å²) >= 11 is 20.8. The Morgan fingerprint density at radius 3 is 2.53 bits per heavy atom. The van der Waals surface area contributed by atoms with Crippen LogP contribution in [0.2, 0.25) is 8.67 Å². The summed E-state index contributed by atoms with van der Waals surface area (Å²) < 4.78 is 7.82. The normalized spacial score (nSPS) is 12.5. The smallest absolute Gasteiger partial charge is 0.120 e. The van der Waals surface area contributed by atoms with Gasteiger partial charge in [0.1, 0.15) is 5.75 Å². The zero-order chi connectivity index (χ0) is 14.0. The van der Waals surface area contributed by atoms with Crippen LogP contribution in [0, 0.1) is 0 Å². The maximum absolute atomic E-state index is 6.19. The minimum absolute atomic E-state index is 0.00574. The van der Waals surface area contributed by atoms with E-state index >= 15 is 0 Å². The van der Waals surface area contributed by atoms with E-state index in [0.29, 0.717) is 15.3 Å². The van der Waals surface area contributed by atoms with Crippen LogP contribution in [0.3, 0.4) is 0 Å². The van der Waals surface area contributed by atoms with Crippen molar-refractivity contribution in [2.45, 2.75) is 11.8 Å². The summed E-state index contributed by atoms with van der Waals surface area (Å²) in [5, 5.41) is 0. The van der Waals surface area contributed by atoms with Crippen molar-refractivity contribution in [1.82, 2.24) is 0 Å². The van der Waals surface area contributed by atoms with Gasteiger partial charge in [0.25, 0.3) is 0 Å². The zero-order valence-corrected chi connectivity index (χ0v) is 15.4. The number of hydrogen-bond acceptors (Lipinski definition) is 2. The van der Waals surface area contributed by atoms with Crippen molar-refractivity contribution in [1.29, 1.82) is 0 Å². The predicted octanol–water partition coefficient (Wildman–Crippen LogP) is 6.70. The summed E-state index contributed by atoms with van der Waals surface area (Å²) in [4.78, 5) is -0.00574. The van der Waals surface area contributed by atoms with E-state index in [1.54, 1.807) is 0 Å². The second kappa shape index (κ2) is 6.81. The lowest BCUT2D eigenvalue weighted by Crippen LogP contribution is -1.96. The Kier molecular flexibility index (Phi) is 5.61. The molecule has 1 atom stereocenters. The SMILES string of the molecule is CCOc1ccc(C(Br)c2cc(Cl)sc2Cl)c(Br)c1. The molecule has 19 heavy (non-hydrogen) atoms. The van der Waals surface area contributed by atoms with E-state index < -0.39 is 0 Å². The molecule has 0 fully saturated rings. The lowest BCUT2D eigenvalue weighted by molar-refractivity contribution is 0.340. The first kappa shape index (κ1) is 15.6. The van der Waals surface area contributed by atoms with Gasteiger partial charge in [-0.3, -0.25) is 0 Å². The summed E-state index contributed by atoms with van der Waals surface area (Å²) in [5.41, 5.74) is 2.06. The van der Waals surface area contributed by atoms with Gasteiger partial charge in [0.2, 0.25) is 0 Å². The number of alkyl halides is 1. The van der Waals surface area contributed by atoms with Gasteiger partial charge in [0.15, 0.2) is 0 Å². The highest BCUT2D eigenvalue weighted by molar-refractivity contribution is 9.11. The van der Waals surface area contributed by atoms with Crippen LogP contribution < -0.4 is 4.74 Å². The molecule has 0 saturated carbocycles. The third kappa shape index (κ3) is 3.67. The molecule has 0 aliphatic heterocycles. The second-order valence-corrected chi connectivity index (χ2v) is 7.81. The van der Waals surface area contributed by atoms with Crippen LogP contribution in [0.1, 0.15) is 22.9 Å². The van der Waals surface area contributed by atoms with Gasteiger partial charge in [-0.05, 0) is 30.7 Å². The quantitative estimate of drug-likeness (QED) is 0.476. The number of rotatable bonds is 4. The number of halogens is 4. The van der Waals surface area contributed by atoms with Crippen LogP contribution in [-0.4, -0.2) is 6.61 Å². The summed E-state index contributed by atoms with van der Waals surface area (Å²) in [7, 11) is 0. The summed E-state index contributed by atoms with van der Waals surface area (Å²) in [6.07, 6.45) is 0. The molecule has 6 heteroatoms. The monoisotopic (exact) mass is 442 g/mol. The average Bonchev–Trinajstić information content (AvgIpc) is 2.68. The van der Waals surface area contributed by atoms with E-state index in [4.69, 9.17) is 27.9 Å². The van der Waals surface area contributed by atoms with Crippen LogP contribution in [-0.2, 0) is 0 Å². The molecule has 2 rings (SSSR count). The van der Waals surface area contributed by atoms with E-state index in [1.807, 2.05) is 31.2 Å². The molecule has 102 valence electrons. The molecule has 0 N–H and O–H groups in total. The van der Waals surface area contributed by atoms with E-state index in [-0.39, 0.29) is 4.83 Å². The first-order valence-corrected chi connectivity index (χ1v) is 8.82. The number of hydrogen-bond donors (Lipinski definition) is 0. The number of thiophene rings is 1. The molecule has 0 spiro atoms. The first-order valence-electron chi connectivity index (χ1n) is 5.54. The van der Waals surface area contributed by atoms with Gasteiger partial charge < -0.3 is 4.74 Å². The molecule has 1 aromatic carbocycles. The van der Waals surface area contributed by atoms with Gasteiger partial charge >= 0.3 is 0 Å². The maximum atomic E-state index is 6.19. The zero-order valence-electron chi connectivity index (χ0n) is 9.92. The molecular weight excluding hydrogens is 435 g/mol. The molecular formula is C13H10Br2Cl2OS. The van der Waals surface area contributed by atoms with E-state index in [9.17, 15) is 0 Å². The van der Waals surface area contributed by atoms with Crippen molar-refractivity contribution in [2.75, 3.05) is 6.61 Å². The lowest BCUT2D eigenvalue weighted by Gasteiger charge is -2.13.